The molecule has 0 unspecified atom stereocenters. The number of hydrogen-bond donors (Lipinski definition) is 1. The first-order chi connectivity index (χ1) is 13.9. The Bertz CT molecular complexity index is 994. The zero-order valence-corrected chi connectivity index (χ0v) is 17.5. The Morgan fingerprint density at radius 2 is 1.86 bits per heavy atom. The van der Waals surface area contributed by atoms with Crippen molar-refractivity contribution in [1.29, 1.82) is 5.26 Å². The highest BCUT2D eigenvalue weighted by molar-refractivity contribution is 8.02. The lowest BCUT2D eigenvalue weighted by Crippen LogP contribution is -2.44. The molecule has 2 atom stereocenters. The maximum Gasteiger partial charge on any atom is 0.319 e. The van der Waals surface area contributed by atoms with Gasteiger partial charge in [0.15, 0.2) is 0 Å². The number of halogens is 1. The van der Waals surface area contributed by atoms with Crippen LogP contribution >= 0.6 is 23.4 Å². The smallest absolute Gasteiger partial charge is 0.319 e. The number of aryl methyl sites for hydroxylation is 1. The maximum absolute atomic E-state index is 12.8. The molecule has 5 nitrogen and oxygen atoms in total. The van der Waals surface area contributed by atoms with Crippen molar-refractivity contribution in [1.82, 2.24) is 5.32 Å². The van der Waals surface area contributed by atoms with E-state index in [0.29, 0.717) is 21.4 Å². The number of carbonyl (C=O) groups is 2. The average Bonchev–Trinajstić information content (AvgIpc) is 2.73. The minimum absolute atomic E-state index is 0.350. The van der Waals surface area contributed by atoms with Gasteiger partial charge < -0.3 is 10.1 Å². The van der Waals surface area contributed by atoms with Crippen molar-refractivity contribution in [2.45, 2.75) is 18.6 Å². The lowest BCUT2D eigenvalue weighted by molar-refractivity contribution is -0.150. The number of esters is 1. The van der Waals surface area contributed by atoms with Gasteiger partial charge in [-0.1, -0.05) is 53.6 Å². The van der Waals surface area contributed by atoms with Crippen molar-refractivity contribution < 1.29 is 14.3 Å². The van der Waals surface area contributed by atoms with E-state index in [1.54, 1.807) is 12.1 Å². The Hall–Kier alpha value is -2.75. The Balaban J connectivity index is 2.00. The minimum atomic E-state index is -1.11. The van der Waals surface area contributed by atoms with Gasteiger partial charge in [-0.05, 0) is 30.2 Å². The molecular weight excluding hydrogens is 408 g/mol. The fourth-order valence-corrected chi connectivity index (χ4v) is 4.32. The Morgan fingerprint density at radius 3 is 2.45 bits per heavy atom. The minimum Gasteiger partial charge on any atom is -0.468 e. The van der Waals surface area contributed by atoms with Gasteiger partial charge in [0.1, 0.15) is 5.92 Å². The largest absolute Gasteiger partial charge is 0.468 e. The summed E-state index contributed by atoms with van der Waals surface area (Å²) >= 11 is 7.27. The number of nitrogens with zero attached hydrogens (tertiary/aromatic N) is 1. The van der Waals surface area contributed by atoms with E-state index in [2.05, 4.69) is 11.4 Å². The standard InChI is InChI=1S/C22H19ClN2O3S/c1-13-3-7-15(8-4-13)18-17(11-24)21(25-20(26)19(18)22(27)28-2)29-12-14-5-9-16(23)10-6-14/h3-10,18-19H,12H2,1-2H3,(H,25,26)/t18-,19+/m0/s1. The highest BCUT2D eigenvalue weighted by atomic mass is 35.5. The Labute approximate surface area is 178 Å². The van der Waals surface area contributed by atoms with Crippen molar-refractivity contribution in [3.8, 4) is 6.07 Å². The molecule has 1 heterocycles. The van der Waals surface area contributed by atoms with Crippen LogP contribution in [0.25, 0.3) is 0 Å². The van der Waals surface area contributed by atoms with E-state index in [1.165, 1.54) is 18.9 Å². The van der Waals surface area contributed by atoms with Gasteiger partial charge in [0, 0.05) is 16.7 Å². The van der Waals surface area contributed by atoms with Gasteiger partial charge in [-0.15, -0.1) is 11.8 Å². The summed E-state index contributed by atoms with van der Waals surface area (Å²) in [5, 5.41) is 13.7. The number of rotatable bonds is 5. The lowest BCUT2D eigenvalue weighted by Gasteiger charge is -2.31. The fourth-order valence-electron chi connectivity index (χ4n) is 3.19. The Morgan fingerprint density at radius 1 is 1.21 bits per heavy atom. The average molecular weight is 427 g/mol. The van der Waals surface area contributed by atoms with Crippen LogP contribution in [-0.2, 0) is 20.1 Å². The normalized spacial score (nSPS) is 18.8. The molecule has 0 bridgehead atoms. The van der Waals surface area contributed by atoms with Gasteiger partial charge in [0.25, 0.3) is 0 Å². The number of carbonyl (C=O) groups excluding carboxylic acids is 2. The first-order valence-corrected chi connectivity index (χ1v) is 10.3. The molecular formula is C22H19ClN2O3S. The zero-order chi connectivity index (χ0) is 21.0. The molecule has 2 aromatic rings. The number of benzene rings is 2. The molecule has 2 aromatic carbocycles. The molecule has 0 spiro atoms. The van der Waals surface area contributed by atoms with E-state index in [0.717, 1.165) is 16.7 Å². The number of amides is 1. The second-order valence-corrected chi connectivity index (χ2v) is 8.07. The molecule has 1 amide bonds. The molecule has 0 saturated carbocycles. The Kier molecular flexibility index (Phi) is 6.63. The van der Waals surface area contributed by atoms with Crippen LogP contribution in [-0.4, -0.2) is 19.0 Å². The van der Waals surface area contributed by atoms with Gasteiger partial charge in [-0.3, -0.25) is 9.59 Å². The van der Waals surface area contributed by atoms with Gasteiger partial charge in [0.05, 0.1) is 23.8 Å². The summed E-state index contributed by atoms with van der Waals surface area (Å²) in [4.78, 5) is 25.2. The maximum atomic E-state index is 12.8. The zero-order valence-electron chi connectivity index (χ0n) is 15.9. The highest BCUT2D eigenvalue weighted by Gasteiger charge is 2.44. The molecule has 1 N–H and O–H groups in total. The predicted octanol–water partition coefficient (Wildman–Crippen LogP) is 4.32. The summed E-state index contributed by atoms with van der Waals surface area (Å²) in [6, 6.07) is 17.0. The SMILES string of the molecule is COC(=O)[C@H]1C(=O)NC(SCc2ccc(Cl)cc2)=C(C#N)[C@@H]1c1ccc(C)cc1. The van der Waals surface area contributed by atoms with Crippen molar-refractivity contribution in [3.63, 3.8) is 0 Å². The summed E-state index contributed by atoms with van der Waals surface area (Å²) in [6.45, 7) is 1.95. The molecule has 0 fully saturated rings. The third kappa shape index (κ3) is 4.64. The first kappa shape index (κ1) is 21.0. The highest BCUT2D eigenvalue weighted by Crippen LogP contribution is 2.40. The summed E-state index contributed by atoms with van der Waals surface area (Å²) < 4.78 is 4.85. The molecule has 29 heavy (non-hydrogen) atoms. The second kappa shape index (κ2) is 9.17. The van der Waals surface area contributed by atoms with Crippen LogP contribution in [0, 0.1) is 24.2 Å². The quantitative estimate of drug-likeness (QED) is 0.569. The van der Waals surface area contributed by atoms with Gasteiger partial charge in [-0.2, -0.15) is 5.26 Å². The molecule has 7 heteroatoms. The van der Waals surface area contributed by atoms with Crippen LogP contribution in [0.1, 0.15) is 22.6 Å². The van der Waals surface area contributed by atoms with E-state index >= 15 is 0 Å². The number of nitrogens with one attached hydrogen (secondary N) is 1. The van der Waals surface area contributed by atoms with Gasteiger partial charge >= 0.3 is 5.97 Å². The summed E-state index contributed by atoms with van der Waals surface area (Å²) in [7, 11) is 1.24. The monoisotopic (exact) mass is 426 g/mol. The van der Waals surface area contributed by atoms with E-state index in [1.807, 2.05) is 43.3 Å². The molecule has 0 radical (unpaired) electrons. The van der Waals surface area contributed by atoms with E-state index < -0.39 is 23.7 Å². The molecule has 0 aromatic heterocycles. The van der Waals surface area contributed by atoms with E-state index in [4.69, 9.17) is 16.3 Å². The second-order valence-electron chi connectivity index (χ2n) is 6.65. The van der Waals surface area contributed by atoms with Gasteiger partial charge in [-0.25, -0.2) is 0 Å². The van der Waals surface area contributed by atoms with Crippen LogP contribution in [0.2, 0.25) is 5.02 Å². The van der Waals surface area contributed by atoms with Crippen molar-refractivity contribution in [2.24, 2.45) is 5.92 Å². The van der Waals surface area contributed by atoms with Crippen molar-refractivity contribution in [3.05, 3.63) is 80.8 Å². The van der Waals surface area contributed by atoms with Crippen LogP contribution < -0.4 is 5.32 Å². The third-order valence-corrected chi connectivity index (χ3v) is 6.06. The number of hydrogen-bond acceptors (Lipinski definition) is 5. The number of ether oxygens (including phenoxy) is 1. The molecule has 148 valence electrons. The van der Waals surface area contributed by atoms with Gasteiger partial charge in [0.2, 0.25) is 5.91 Å². The van der Waals surface area contributed by atoms with Crippen LogP contribution in [0.15, 0.2) is 59.1 Å². The van der Waals surface area contributed by atoms with Crippen LogP contribution in [0.5, 0.6) is 0 Å². The third-order valence-electron chi connectivity index (χ3n) is 4.72. The van der Waals surface area contributed by atoms with Crippen LogP contribution in [0.4, 0.5) is 0 Å². The topological polar surface area (TPSA) is 79.2 Å². The molecule has 1 aliphatic heterocycles. The summed E-state index contributed by atoms with van der Waals surface area (Å²) in [6.07, 6.45) is 0. The molecule has 1 aliphatic rings. The number of methoxy groups -OCH3 is 1. The van der Waals surface area contributed by atoms with E-state index in [-0.39, 0.29) is 0 Å². The summed E-state index contributed by atoms with van der Waals surface area (Å²) in [5.41, 5.74) is 3.12. The van der Waals surface area contributed by atoms with E-state index in [9.17, 15) is 14.9 Å². The summed E-state index contributed by atoms with van der Waals surface area (Å²) in [5.74, 6) is -2.41. The number of thioether (sulfide) groups is 1. The predicted molar refractivity (Wildman–Crippen MR) is 113 cm³/mol. The lowest BCUT2D eigenvalue weighted by atomic mass is 9.78. The van der Waals surface area contributed by atoms with Crippen molar-refractivity contribution in [2.75, 3.05) is 7.11 Å². The van der Waals surface area contributed by atoms with Crippen LogP contribution in [0.3, 0.4) is 0 Å². The molecule has 0 aliphatic carbocycles. The number of allylic oxidation sites excluding steroid dienone is 1. The molecule has 3 rings (SSSR count). The fraction of sp³-hybridized carbons (Fsp3) is 0.227. The molecule has 0 saturated heterocycles. The first-order valence-electron chi connectivity index (χ1n) is 8.91. The van der Waals surface area contributed by atoms with Crippen molar-refractivity contribution >= 4 is 35.2 Å². The number of nitriles is 1.